The third-order valence-corrected chi connectivity index (χ3v) is 3.48. The van der Waals surface area contributed by atoms with Gasteiger partial charge in [-0.3, -0.25) is 4.79 Å². The summed E-state index contributed by atoms with van der Waals surface area (Å²) in [6.07, 6.45) is 4.28. The van der Waals surface area contributed by atoms with Crippen LogP contribution in [0.4, 0.5) is 0 Å². The van der Waals surface area contributed by atoms with Crippen LogP contribution >= 0.6 is 0 Å². The van der Waals surface area contributed by atoms with E-state index < -0.39 is 11.4 Å². The van der Waals surface area contributed by atoms with Crippen molar-refractivity contribution in [3.63, 3.8) is 0 Å². The Labute approximate surface area is 101 Å². The number of hydrogen-bond acceptors (Lipinski definition) is 3. The van der Waals surface area contributed by atoms with Crippen molar-refractivity contribution >= 4 is 5.97 Å². The molecule has 0 atom stereocenters. The van der Waals surface area contributed by atoms with Crippen molar-refractivity contribution < 1.29 is 9.90 Å². The summed E-state index contributed by atoms with van der Waals surface area (Å²) < 4.78 is 0. The highest BCUT2D eigenvalue weighted by Crippen LogP contribution is 2.26. The number of fused-ring (bicyclic) bond motifs is 1. The molecule has 4 nitrogen and oxygen atoms in total. The van der Waals surface area contributed by atoms with E-state index in [0.717, 1.165) is 30.7 Å². The molecule has 1 aliphatic carbocycles. The molecule has 17 heavy (non-hydrogen) atoms. The summed E-state index contributed by atoms with van der Waals surface area (Å²) in [6.45, 7) is 5.26. The first kappa shape index (κ1) is 12.0. The molecular weight excluding hydrogens is 216 g/mol. The Balaban J connectivity index is 2.51. The number of carboxylic acid groups (broad SMARTS) is 1. The molecule has 1 aromatic heterocycles. The van der Waals surface area contributed by atoms with E-state index in [1.165, 1.54) is 12.0 Å². The summed E-state index contributed by atoms with van der Waals surface area (Å²) >= 11 is 0. The molecule has 1 aromatic rings. The summed E-state index contributed by atoms with van der Waals surface area (Å²) in [4.78, 5) is 20.1. The second-order valence-corrected chi connectivity index (χ2v) is 5.20. The van der Waals surface area contributed by atoms with Gasteiger partial charge in [-0.1, -0.05) is 0 Å². The molecule has 0 bridgehead atoms. The normalized spacial score (nSPS) is 15.5. The molecule has 4 heteroatoms. The van der Waals surface area contributed by atoms with Gasteiger partial charge in [-0.25, -0.2) is 9.97 Å². The Kier molecular flexibility index (Phi) is 2.89. The van der Waals surface area contributed by atoms with Crippen molar-refractivity contribution in [2.24, 2.45) is 0 Å². The average Bonchev–Trinajstić information content (AvgIpc) is 2.28. The number of nitrogens with zero attached hydrogens (tertiary/aromatic N) is 2. The van der Waals surface area contributed by atoms with Gasteiger partial charge < -0.3 is 5.11 Å². The summed E-state index contributed by atoms with van der Waals surface area (Å²) in [5.41, 5.74) is 2.20. The van der Waals surface area contributed by atoms with Gasteiger partial charge in [0.1, 0.15) is 11.2 Å². The summed E-state index contributed by atoms with van der Waals surface area (Å²) in [6, 6.07) is 0. The van der Waals surface area contributed by atoms with Gasteiger partial charge in [0, 0.05) is 11.4 Å². The van der Waals surface area contributed by atoms with Crippen molar-refractivity contribution in [1.29, 1.82) is 0 Å². The number of aromatic nitrogens is 2. The molecule has 0 fully saturated rings. The Morgan fingerprint density at radius 1 is 1.24 bits per heavy atom. The lowest BCUT2D eigenvalue weighted by Crippen LogP contribution is -2.32. The van der Waals surface area contributed by atoms with Crippen molar-refractivity contribution in [3.05, 3.63) is 22.8 Å². The molecule has 0 spiro atoms. The number of carbonyl (C=O) groups is 1. The molecule has 0 aliphatic heterocycles. The van der Waals surface area contributed by atoms with Gasteiger partial charge in [-0.15, -0.1) is 0 Å². The van der Waals surface area contributed by atoms with Crippen LogP contribution in [-0.4, -0.2) is 21.0 Å². The van der Waals surface area contributed by atoms with Crippen molar-refractivity contribution in [2.45, 2.75) is 51.9 Å². The van der Waals surface area contributed by atoms with Crippen LogP contribution in [0.2, 0.25) is 0 Å². The summed E-state index contributed by atoms with van der Waals surface area (Å²) in [5.74, 6) is -0.448. The van der Waals surface area contributed by atoms with Gasteiger partial charge in [0.15, 0.2) is 0 Å². The monoisotopic (exact) mass is 234 g/mol. The lowest BCUT2D eigenvalue weighted by molar-refractivity contribution is -0.142. The zero-order chi connectivity index (χ0) is 12.6. The Morgan fingerprint density at radius 2 is 1.88 bits per heavy atom. The van der Waals surface area contributed by atoms with Gasteiger partial charge in [-0.2, -0.15) is 0 Å². The maximum atomic E-state index is 11.2. The number of aryl methyl sites for hydroxylation is 2. The van der Waals surface area contributed by atoms with E-state index in [-0.39, 0.29) is 0 Å². The second-order valence-electron chi connectivity index (χ2n) is 5.20. The van der Waals surface area contributed by atoms with E-state index in [4.69, 9.17) is 0 Å². The largest absolute Gasteiger partial charge is 0.481 e. The molecule has 0 aromatic carbocycles. The molecule has 0 amide bonds. The zero-order valence-corrected chi connectivity index (χ0v) is 10.6. The van der Waals surface area contributed by atoms with Gasteiger partial charge >= 0.3 is 5.97 Å². The predicted molar refractivity (Wildman–Crippen MR) is 64.1 cm³/mol. The smallest absolute Gasteiger partial charge is 0.316 e. The number of aliphatic carboxylic acids is 1. The van der Waals surface area contributed by atoms with E-state index in [2.05, 4.69) is 9.97 Å². The molecule has 0 unspecified atom stereocenters. The Morgan fingerprint density at radius 3 is 2.53 bits per heavy atom. The highest BCUT2D eigenvalue weighted by molar-refractivity contribution is 5.79. The van der Waals surface area contributed by atoms with Crippen LogP contribution in [0.5, 0.6) is 0 Å². The maximum Gasteiger partial charge on any atom is 0.316 e. The second kappa shape index (κ2) is 4.09. The minimum absolute atomic E-state index is 0.433. The van der Waals surface area contributed by atoms with Crippen LogP contribution in [-0.2, 0) is 23.1 Å². The lowest BCUT2D eigenvalue weighted by Gasteiger charge is -2.22. The fourth-order valence-electron chi connectivity index (χ4n) is 2.16. The quantitative estimate of drug-likeness (QED) is 0.850. The molecule has 1 heterocycles. The van der Waals surface area contributed by atoms with Gasteiger partial charge in [0.2, 0.25) is 0 Å². The van der Waals surface area contributed by atoms with E-state index in [1.807, 2.05) is 6.92 Å². The van der Waals surface area contributed by atoms with E-state index in [1.54, 1.807) is 13.8 Å². The number of hydrogen-bond donors (Lipinski definition) is 1. The molecular formula is C13H18N2O2. The first-order chi connectivity index (χ1) is 7.93. The highest BCUT2D eigenvalue weighted by atomic mass is 16.4. The van der Waals surface area contributed by atoms with Crippen LogP contribution in [0.1, 0.15) is 49.5 Å². The number of carboxylic acids is 1. The molecule has 0 saturated heterocycles. The van der Waals surface area contributed by atoms with Crippen LogP contribution < -0.4 is 0 Å². The van der Waals surface area contributed by atoms with Crippen molar-refractivity contribution in [2.75, 3.05) is 0 Å². The maximum absolute atomic E-state index is 11.2. The molecule has 2 rings (SSSR count). The van der Waals surface area contributed by atoms with Crippen molar-refractivity contribution in [3.8, 4) is 0 Å². The highest BCUT2D eigenvalue weighted by Gasteiger charge is 2.34. The Bertz CT molecular complexity index is 467. The first-order valence-electron chi connectivity index (χ1n) is 6.03. The lowest BCUT2D eigenvalue weighted by atomic mass is 9.90. The SMILES string of the molecule is Cc1nc(C(C)(C)C(=O)O)nc2c1CCCC2. The predicted octanol–water partition coefficient (Wildman–Crippen LogP) is 2.03. The molecule has 0 radical (unpaired) electrons. The van der Waals surface area contributed by atoms with Gasteiger partial charge in [-0.05, 0) is 52.0 Å². The van der Waals surface area contributed by atoms with Gasteiger partial charge in [0.25, 0.3) is 0 Å². The van der Waals surface area contributed by atoms with Crippen LogP contribution in [0.15, 0.2) is 0 Å². The molecule has 1 N–H and O–H groups in total. The first-order valence-corrected chi connectivity index (χ1v) is 6.03. The fourth-order valence-corrected chi connectivity index (χ4v) is 2.16. The minimum Gasteiger partial charge on any atom is -0.481 e. The summed E-state index contributed by atoms with van der Waals surface area (Å²) in [7, 11) is 0. The average molecular weight is 234 g/mol. The van der Waals surface area contributed by atoms with E-state index >= 15 is 0 Å². The zero-order valence-electron chi connectivity index (χ0n) is 10.6. The van der Waals surface area contributed by atoms with Gasteiger partial charge in [0.05, 0.1) is 0 Å². The Hall–Kier alpha value is -1.45. The fraction of sp³-hybridized carbons (Fsp3) is 0.615. The standard InChI is InChI=1S/C13H18N2O2/c1-8-9-6-4-5-7-10(9)15-11(14-8)13(2,3)12(16)17/h4-7H2,1-3H3,(H,16,17). The van der Waals surface area contributed by atoms with E-state index in [9.17, 15) is 9.90 Å². The molecule has 1 aliphatic rings. The topological polar surface area (TPSA) is 63.1 Å². The number of rotatable bonds is 2. The third-order valence-electron chi connectivity index (χ3n) is 3.48. The van der Waals surface area contributed by atoms with Crippen LogP contribution in [0, 0.1) is 6.92 Å². The molecule has 92 valence electrons. The minimum atomic E-state index is -1.02. The van der Waals surface area contributed by atoms with Crippen molar-refractivity contribution in [1.82, 2.24) is 9.97 Å². The van der Waals surface area contributed by atoms with E-state index in [0.29, 0.717) is 5.82 Å². The molecule has 0 saturated carbocycles. The summed E-state index contributed by atoms with van der Waals surface area (Å²) in [5, 5.41) is 9.21. The third kappa shape index (κ3) is 2.04. The van der Waals surface area contributed by atoms with Crippen LogP contribution in [0.25, 0.3) is 0 Å². The van der Waals surface area contributed by atoms with Crippen LogP contribution in [0.3, 0.4) is 0 Å².